The molecule has 0 atom stereocenters. The fourth-order valence-electron chi connectivity index (χ4n) is 2.17. The molecule has 20 heavy (non-hydrogen) atoms. The molecule has 0 saturated carbocycles. The number of hydrogen-bond donors (Lipinski definition) is 1. The van der Waals surface area contributed by atoms with Crippen LogP contribution < -0.4 is 5.73 Å². The topological polar surface area (TPSA) is 77.8 Å². The number of hydrogen-bond acceptors (Lipinski definition) is 6. The van der Waals surface area contributed by atoms with Gasteiger partial charge in [-0.2, -0.15) is 4.98 Å². The third-order valence-electron chi connectivity index (χ3n) is 2.85. The predicted molar refractivity (Wildman–Crippen MR) is 78.5 cm³/mol. The van der Waals surface area contributed by atoms with Crippen molar-refractivity contribution in [2.24, 2.45) is 0 Å². The molecule has 2 aromatic heterocycles. The maximum Gasteiger partial charge on any atom is 0.277 e. The molecule has 0 aliphatic rings. The van der Waals surface area contributed by atoms with Gasteiger partial charge in [-0.25, -0.2) is 4.98 Å². The number of anilines is 1. The molecule has 1 aromatic carbocycles. The van der Waals surface area contributed by atoms with Gasteiger partial charge in [0.05, 0.1) is 0 Å². The van der Waals surface area contributed by atoms with E-state index in [0.29, 0.717) is 29.0 Å². The van der Waals surface area contributed by atoms with E-state index in [-0.39, 0.29) is 0 Å². The molecule has 2 N–H and O–H groups in total. The van der Waals surface area contributed by atoms with Crippen molar-refractivity contribution in [3.05, 3.63) is 46.1 Å². The van der Waals surface area contributed by atoms with Crippen LogP contribution in [0.3, 0.4) is 0 Å². The smallest absolute Gasteiger partial charge is 0.277 e. The Bertz CT molecular complexity index is 727. The first-order chi connectivity index (χ1) is 9.60. The van der Waals surface area contributed by atoms with E-state index in [4.69, 9.17) is 10.3 Å². The predicted octanol–water partition coefficient (Wildman–Crippen LogP) is 2.98. The van der Waals surface area contributed by atoms with Gasteiger partial charge in [-0.3, -0.25) is 0 Å². The van der Waals surface area contributed by atoms with Crippen molar-refractivity contribution < 1.29 is 4.52 Å². The summed E-state index contributed by atoms with van der Waals surface area (Å²) in [5, 5.41) is 6.30. The molecular formula is C14H14N4OS. The van der Waals surface area contributed by atoms with Gasteiger partial charge in [0.2, 0.25) is 0 Å². The quantitative estimate of drug-likeness (QED) is 0.800. The van der Waals surface area contributed by atoms with E-state index in [1.165, 1.54) is 28.0 Å². The first-order valence-electron chi connectivity index (χ1n) is 6.21. The van der Waals surface area contributed by atoms with Crippen LogP contribution in [0.2, 0.25) is 0 Å². The van der Waals surface area contributed by atoms with Gasteiger partial charge in [-0.1, -0.05) is 34.5 Å². The molecule has 0 radical (unpaired) electrons. The minimum Gasteiger partial charge on any atom is -0.375 e. The Morgan fingerprint density at radius 1 is 1.15 bits per heavy atom. The van der Waals surface area contributed by atoms with Crippen molar-refractivity contribution in [2.75, 3.05) is 5.73 Å². The van der Waals surface area contributed by atoms with Gasteiger partial charge in [0, 0.05) is 11.8 Å². The van der Waals surface area contributed by atoms with E-state index in [1.54, 1.807) is 0 Å². The first kappa shape index (κ1) is 12.8. The molecule has 0 fully saturated rings. The molecule has 3 rings (SSSR count). The van der Waals surface area contributed by atoms with Gasteiger partial charge in [0.1, 0.15) is 5.69 Å². The molecule has 6 heteroatoms. The van der Waals surface area contributed by atoms with Crippen molar-refractivity contribution in [3.63, 3.8) is 0 Å². The number of aromatic nitrogens is 3. The second-order valence-corrected chi connectivity index (χ2v) is 5.65. The molecule has 0 saturated heterocycles. The van der Waals surface area contributed by atoms with Gasteiger partial charge in [-0.05, 0) is 19.4 Å². The van der Waals surface area contributed by atoms with Gasteiger partial charge in [0.25, 0.3) is 5.89 Å². The SMILES string of the molecule is Cc1cc(C)cc(Cc2noc(-c3csc(N)n3)n2)c1. The molecule has 0 aliphatic heterocycles. The van der Waals surface area contributed by atoms with Crippen molar-refractivity contribution in [2.45, 2.75) is 20.3 Å². The van der Waals surface area contributed by atoms with E-state index in [9.17, 15) is 0 Å². The third kappa shape index (κ3) is 2.70. The van der Waals surface area contributed by atoms with Gasteiger partial charge < -0.3 is 10.3 Å². The molecule has 0 spiro atoms. The summed E-state index contributed by atoms with van der Waals surface area (Å²) in [6.45, 7) is 4.16. The first-order valence-corrected chi connectivity index (χ1v) is 7.09. The van der Waals surface area contributed by atoms with E-state index in [2.05, 4.69) is 47.2 Å². The van der Waals surface area contributed by atoms with Crippen LogP contribution in [-0.4, -0.2) is 15.1 Å². The summed E-state index contributed by atoms with van der Waals surface area (Å²) in [7, 11) is 0. The Hall–Kier alpha value is -2.21. The van der Waals surface area contributed by atoms with Crippen LogP contribution in [0.4, 0.5) is 5.13 Å². The highest BCUT2D eigenvalue weighted by Gasteiger charge is 2.12. The molecule has 0 aliphatic carbocycles. The van der Waals surface area contributed by atoms with Crippen LogP contribution >= 0.6 is 11.3 Å². The van der Waals surface area contributed by atoms with Crippen LogP contribution in [0.1, 0.15) is 22.5 Å². The van der Waals surface area contributed by atoms with Crippen LogP contribution in [0.5, 0.6) is 0 Å². The van der Waals surface area contributed by atoms with Crippen LogP contribution in [-0.2, 0) is 6.42 Å². The summed E-state index contributed by atoms with van der Waals surface area (Å²) in [5.74, 6) is 1.06. The highest BCUT2D eigenvalue weighted by atomic mass is 32.1. The highest BCUT2D eigenvalue weighted by molar-refractivity contribution is 7.13. The van der Waals surface area contributed by atoms with E-state index in [0.717, 1.165) is 0 Å². The number of benzene rings is 1. The number of rotatable bonds is 3. The molecule has 0 amide bonds. The second-order valence-electron chi connectivity index (χ2n) is 4.76. The lowest BCUT2D eigenvalue weighted by Crippen LogP contribution is -1.92. The molecule has 3 aromatic rings. The summed E-state index contributed by atoms with van der Waals surface area (Å²) in [5.41, 5.74) is 9.87. The lowest BCUT2D eigenvalue weighted by atomic mass is 10.1. The molecule has 5 nitrogen and oxygen atoms in total. The number of nitrogens with two attached hydrogens (primary N) is 1. The number of nitrogen functional groups attached to an aromatic ring is 1. The van der Waals surface area contributed by atoms with Crippen LogP contribution in [0, 0.1) is 13.8 Å². The monoisotopic (exact) mass is 286 g/mol. The molecular weight excluding hydrogens is 272 g/mol. The highest BCUT2D eigenvalue weighted by Crippen LogP contribution is 2.22. The fourth-order valence-corrected chi connectivity index (χ4v) is 2.71. The summed E-state index contributed by atoms with van der Waals surface area (Å²) >= 11 is 1.36. The lowest BCUT2D eigenvalue weighted by molar-refractivity contribution is 0.423. The average Bonchev–Trinajstić information content (AvgIpc) is 2.96. The van der Waals surface area contributed by atoms with E-state index in [1.807, 2.05) is 5.38 Å². The van der Waals surface area contributed by atoms with Crippen molar-refractivity contribution >= 4 is 16.5 Å². The van der Waals surface area contributed by atoms with Crippen molar-refractivity contribution in [1.82, 2.24) is 15.1 Å². The summed E-state index contributed by atoms with van der Waals surface area (Å²) in [6, 6.07) is 6.40. The fraction of sp³-hybridized carbons (Fsp3) is 0.214. The number of thiazole rings is 1. The second kappa shape index (κ2) is 5.05. The largest absolute Gasteiger partial charge is 0.375 e. The zero-order chi connectivity index (χ0) is 14.1. The van der Waals surface area contributed by atoms with Crippen LogP contribution in [0.15, 0.2) is 28.1 Å². The Morgan fingerprint density at radius 2 is 1.90 bits per heavy atom. The Labute approximate surface area is 120 Å². The van der Waals surface area contributed by atoms with Crippen molar-refractivity contribution in [1.29, 1.82) is 0 Å². The standard InChI is InChI=1S/C14H14N4OS/c1-8-3-9(2)5-10(4-8)6-12-17-13(19-18-12)11-7-20-14(15)16-11/h3-5,7H,6H2,1-2H3,(H2,15,16). The summed E-state index contributed by atoms with van der Waals surface area (Å²) < 4.78 is 5.22. The van der Waals surface area contributed by atoms with Crippen LogP contribution in [0.25, 0.3) is 11.6 Å². The van der Waals surface area contributed by atoms with Gasteiger partial charge >= 0.3 is 0 Å². The summed E-state index contributed by atoms with van der Waals surface area (Å²) in [6.07, 6.45) is 0.644. The van der Waals surface area contributed by atoms with Gasteiger partial charge in [0.15, 0.2) is 11.0 Å². The molecule has 102 valence electrons. The minimum atomic E-state index is 0.414. The zero-order valence-electron chi connectivity index (χ0n) is 11.3. The Morgan fingerprint density at radius 3 is 2.55 bits per heavy atom. The van der Waals surface area contributed by atoms with E-state index < -0.39 is 0 Å². The molecule has 0 bridgehead atoms. The normalized spacial score (nSPS) is 10.9. The Balaban J connectivity index is 1.83. The minimum absolute atomic E-state index is 0.414. The average molecular weight is 286 g/mol. The zero-order valence-corrected chi connectivity index (χ0v) is 12.1. The molecule has 0 unspecified atom stereocenters. The number of nitrogens with zero attached hydrogens (tertiary/aromatic N) is 3. The van der Waals surface area contributed by atoms with Crippen molar-refractivity contribution in [3.8, 4) is 11.6 Å². The third-order valence-corrected chi connectivity index (χ3v) is 3.53. The molecule has 2 heterocycles. The lowest BCUT2D eigenvalue weighted by Gasteiger charge is -2.01. The maximum atomic E-state index is 5.60. The number of aryl methyl sites for hydroxylation is 2. The Kier molecular flexibility index (Phi) is 3.23. The van der Waals surface area contributed by atoms with Gasteiger partial charge in [-0.15, -0.1) is 11.3 Å². The maximum absolute atomic E-state index is 5.60. The summed E-state index contributed by atoms with van der Waals surface area (Å²) in [4.78, 5) is 8.49. The van der Waals surface area contributed by atoms with E-state index >= 15 is 0 Å².